The quantitative estimate of drug-likeness (QED) is 0.440. The van der Waals surface area contributed by atoms with E-state index in [4.69, 9.17) is 16.3 Å². The Bertz CT molecular complexity index is 887. The number of halogens is 2. The zero-order valence-corrected chi connectivity index (χ0v) is 18.0. The van der Waals surface area contributed by atoms with Gasteiger partial charge in [0.2, 0.25) is 0 Å². The van der Waals surface area contributed by atoms with Gasteiger partial charge in [-0.05, 0) is 63.8 Å². The molecule has 3 aromatic carbocycles. The smallest absolute Gasteiger partial charge is 0.134 e. The summed E-state index contributed by atoms with van der Waals surface area (Å²) in [6, 6.07) is 23.3. The number of aliphatic hydroxyl groups is 1. The Hall–Kier alpha value is -1.85. The maximum Gasteiger partial charge on any atom is 0.134 e. The molecule has 0 saturated heterocycles. The van der Waals surface area contributed by atoms with Crippen LogP contribution in [0.1, 0.15) is 29.7 Å². The van der Waals surface area contributed by atoms with Crippen molar-refractivity contribution in [2.75, 3.05) is 0 Å². The van der Waals surface area contributed by atoms with Crippen molar-refractivity contribution < 1.29 is 9.84 Å². The van der Waals surface area contributed by atoms with Crippen LogP contribution in [0.5, 0.6) is 5.75 Å². The maximum atomic E-state index is 10.5. The van der Waals surface area contributed by atoms with Gasteiger partial charge in [0, 0.05) is 17.6 Å². The van der Waals surface area contributed by atoms with E-state index in [9.17, 15) is 5.11 Å². The Balaban J connectivity index is 1.54. The Kier molecular flexibility index (Phi) is 7.51. The van der Waals surface area contributed by atoms with Gasteiger partial charge in [-0.3, -0.25) is 0 Å². The van der Waals surface area contributed by atoms with Gasteiger partial charge >= 0.3 is 0 Å². The first-order chi connectivity index (χ1) is 13.5. The largest absolute Gasteiger partial charge is 0.488 e. The predicted molar refractivity (Wildman–Crippen MR) is 118 cm³/mol. The molecule has 0 saturated carbocycles. The molecule has 3 aromatic rings. The van der Waals surface area contributed by atoms with Crippen LogP contribution in [0.25, 0.3) is 0 Å². The van der Waals surface area contributed by atoms with Gasteiger partial charge in [-0.1, -0.05) is 60.1 Å². The highest BCUT2D eigenvalue weighted by atomic mass is 79.9. The van der Waals surface area contributed by atoms with E-state index in [0.29, 0.717) is 18.2 Å². The summed E-state index contributed by atoms with van der Waals surface area (Å²) in [5.41, 5.74) is 3.08. The van der Waals surface area contributed by atoms with Crippen molar-refractivity contribution in [3.8, 4) is 5.75 Å². The molecule has 0 aliphatic heterocycles. The summed E-state index contributed by atoms with van der Waals surface area (Å²) in [5.74, 6) is 0.788. The third kappa shape index (κ3) is 5.82. The van der Waals surface area contributed by atoms with Crippen molar-refractivity contribution in [2.45, 2.75) is 32.2 Å². The van der Waals surface area contributed by atoms with Crippen LogP contribution in [0.3, 0.4) is 0 Å². The molecule has 0 heterocycles. The highest BCUT2D eigenvalue weighted by molar-refractivity contribution is 9.10. The van der Waals surface area contributed by atoms with Crippen molar-refractivity contribution in [3.63, 3.8) is 0 Å². The Morgan fingerprint density at radius 2 is 1.68 bits per heavy atom. The number of nitrogens with one attached hydrogen (secondary N) is 1. The molecule has 0 spiro atoms. The number of benzene rings is 3. The van der Waals surface area contributed by atoms with Crippen LogP contribution >= 0.6 is 27.5 Å². The molecule has 0 aliphatic carbocycles. The standard InChI is InChI=1S/C23H23BrClNO2/c1-16(23(27)19-5-3-2-4-6-19)26-14-18-9-12-22(21(24)13-18)28-15-17-7-10-20(25)11-8-17/h2-13,16,23,26-27H,14-15H2,1H3. The van der Waals surface area contributed by atoms with E-state index in [-0.39, 0.29) is 6.04 Å². The van der Waals surface area contributed by atoms with E-state index < -0.39 is 6.10 Å². The van der Waals surface area contributed by atoms with Gasteiger partial charge in [-0.2, -0.15) is 0 Å². The zero-order chi connectivity index (χ0) is 19.9. The fourth-order valence-electron chi connectivity index (χ4n) is 2.84. The summed E-state index contributed by atoms with van der Waals surface area (Å²) in [6.07, 6.45) is -0.549. The van der Waals surface area contributed by atoms with Gasteiger partial charge in [-0.25, -0.2) is 0 Å². The van der Waals surface area contributed by atoms with Gasteiger partial charge in [0.05, 0.1) is 10.6 Å². The molecule has 0 radical (unpaired) electrons. The topological polar surface area (TPSA) is 41.5 Å². The predicted octanol–water partition coefficient (Wildman–Crippen LogP) is 5.89. The van der Waals surface area contributed by atoms with Crippen molar-refractivity contribution >= 4 is 27.5 Å². The first-order valence-electron chi connectivity index (χ1n) is 9.15. The van der Waals surface area contributed by atoms with Crippen molar-refractivity contribution in [3.05, 3.63) is 99.0 Å². The van der Waals surface area contributed by atoms with Crippen molar-refractivity contribution in [1.29, 1.82) is 0 Å². The van der Waals surface area contributed by atoms with E-state index in [2.05, 4.69) is 21.2 Å². The summed E-state index contributed by atoms with van der Waals surface area (Å²) >= 11 is 9.49. The zero-order valence-electron chi connectivity index (χ0n) is 15.6. The molecular weight excluding hydrogens is 438 g/mol. The van der Waals surface area contributed by atoms with E-state index in [1.54, 1.807) is 0 Å². The van der Waals surface area contributed by atoms with Crippen molar-refractivity contribution in [1.82, 2.24) is 5.32 Å². The Morgan fingerprint density at radius 1 is 1.00 bits per heavy atom. The molecule has 0 fully saturated rings. The first kappa shape index (κ1) is 20.9. The first-order valence-corrected chi connectivity index (χ1v) is 10.3. The molecular formula is C23H23BrClNO2. The number of ether oxygens (including phenoxy) is 1. The lowest BCUT2D eigenvalue weighted by Crippen LogP contribution is -2.31. The Morgan fingerprint density at radius 3 is 2.36 bits per heavy atom. The average molecular weight is 461 g/mol. The lowest BCUT2D eigenvalue weighted by atomic mass is 10.0. The summed E-state index contributed by atoms with van der Waals surface area (Å²) in [6.45, 7) is 3.12. The third-order valence-corrected chi connectivity index (χ3v) is 5.42. The molecule has 2 atom stereocenters. The minimum Gasteiger partial charge on any atom is -0.488 e. The van der Waals surface area contributed by atoms with E-state index >= 15 is 0 Å². The number of hydrogen-bond acceptors (Lipinski definition) is 3. The minimum absolute atomic E-state index is 0.0676. The molecule has 146 valence electrons. The van der Waals surface area contributed by atoms with Gasteiger partial charge in [0.1, 0.15) is 12.4 Å². The van der Waals surface area contributed by atoms with E-state index in [1.807, 2.05) is 79.7 Å². The lowest BCUT2D eigenvalue weighted by Gasteiger charge is -2.21. The molecule has 0 aromatic heterocycles. The second-order valence-electron chi connectivity index (χ2n) is 6.71. The van der Waals surface area contributed by atoms with Crippen molar-refractivity contribution in [2.24, 2.45) is 0 Å². The fraction of sp³-hybridized carbons (Fsp3) is 0.217. The summed E-state index contributed by atoms with van der Waals surface area (Å²) in [4.78, 5) is 0. The van der Waals surface area contributed by atoms with Crippen LogP contribution in [0.15, 0.2) is 77.3 Å². The number of rotatable bonds is 8. The van der Waals surface area contributed by atoms with Crippen LogP contribution in [-0.4, -0.2) is 11.1 Å². The van der Waals surface area contributed by atoms with Crippen LogP contribution in [0, 0.1) is 0 Å². The molecule has 5 heteroatoms. The molecule has 28 heavy (non-hydrogen) atoms. The van der Waals surface area contributed by atoms with Gasteiger partial charge in [-0.15, -0.1) is 0 Å². The molecule has 0 bridgehead atoms. The molecule has 2 N–H and O–H groups in total. The van der Waals surface area contributed by atoms with Crippen LogP contribution in [-0.2, 0) is 13.2 Å². The SMILES string of the molecule is CC(NCc1ccc(OCc2ccc(Cl)cc2)c(Br)c1)C(O)c1ccccc1. The third-order valence-electron chi connectivity index (χ3n) is 4.55. The minimum atomic E-state index is -0.549. The molecule has 0 amide bonds. The van der Waals surface area contributed by atoms with Gasteiger partial charge in [0.25, 0.3) is 0 Å². The molecule has 3 nitrogen and oxygen atoms in total. The van der Waals surface area contributed by atoms with Crippen LogP contribution in [0.4, 0.5) is 0 Å². The molecule has 0 aliphatic rings. The number of hydrogen-bond donors (Lipinski definition) is 2. The molecule has 2 unspecified atom stereocenters. The lowest BCUT2D eigenvalue weighted by molar-refractivity contribution is 0.135. The second-order valence-corrected chi connectivity index (χ2v) is 8.00. The highest BCUT2D eigenvalue weighted by Gasteiger charge is 2.15. The maximum absolute atomic E-state index is 10.5. The van der Waals surface area contributed by atoms with E-state index in [0.717, 1.165) is 26.9 Å². The van der Waals surface area contributed by atoms with Crippen LogP contribution in [0.2, 0.25) is 5.02 Å². The summed E-state index contributed by atoms with van der Waals surface area (Å²) in [5, 5.41) is 14.6. The normalized spacial score (nSPS) is 13.1. The highest BCUT2D eigenvalue weighted by Crippen LogP contribution is 2.27. The Labute approximate surface area is 179 Å². The molecule has 3 rings (SSSR count). The summed E-state index contributed by atoms with van der Waals surface area (Å²) < 4.78 is 6.79. The van der Waals surface area contributed by atoms with E-state index in [1.165, 1.54) is 0 Å². The fourth-order valence-corrected chi connectivity index (χ4v) is 3.51. The number of aliphatic hydroxyl groups excluding tert-OH is 1. The van der Waals surface area contributed by atoms with Gasteiger partial charge in [0.15, 0.2) is 0 Å². The average Bonchev–Trinajstić information content (AvgIpc) is 2.72. The van der Waals surface area contributed by atoms with Gasteiger partial charge < -0.3 is 15.2 Å². The van der Waals surface area contributed by atoms with Crippen LogP contribution < -0.4 is 10.1 Å². The summed E-state index contributed by atoms with van der Waals surface area (Å²) in [7, 11) is 0. The second kappa shape index (κ2) is 10.1. The monoisotopic (exact) mass is 459 g/mol.